The molecule has 0 atom stereocenters. The molecule has 0 aromatic heterocycles. The maximum absolute atomic E-state index is 9.60. The lowest BCUT2D eigenvalue weighted by molar-refractivity contribution is -0.133. The Morgan fingerprint density at radius 2 is 1.27 bits per heavy atom. The molecule has 0 unspecified atom stereocenters. The van der Waals surface area contributed by atoms with Crippen molar-refractivity contribution in [1.29, 1.82) is 0 Å². The van der Waals surface area contributed by atoms with Crippen LogP contribution in [0.2, 0.25) is 0 Å². The third-order valence-electron chi connectivity index (χ3n) is 1.00. The minimum absolute atomic E-state index is 0.176. The Hall–Kier alpha value is -3.10. The lowest BCUT2D eigenvalue weighted by Gasteiger charge is -1.89. The van der Waals surface area contributed by atoms with E-state index in [-0.39, 0.29) is 5.57 Å². The number of aliphatic carboxylic acids is 3. The number of primary amides is 1. The molecule has 126 valence electrons. The van der Waals surface area contributed by atoms with Crippen molar-refractivity contribution < 1.29 is 39.2 Å². The van der Waals surface area contributed by atoms with Gasteiger partial charge in [-0.05, 0) is 13.8 Å². The first kappa shape index (κ1) is 27.3. The molecule has 5 N–H and O–H groups in total. The number of carbonyl (C=O) groups is 4. The van der Waals surface area contributed by atoms with E-state index in [4.69, 9.17) is 15.3 Å². The van der Waals surface area contributed by atoms with Gasteiger partial charge in [0.25, 0.3) is 0 Å². The Labute approximate surface area is 128 Å². The minimum atomic E-state index is -0.981. The summed E-state index contributed by atoms with van der Waals surface area (Å²) in [5, 5.41) is 23.1. The topological polar surface area (TPSA) is 164 Å². The van der Waals surface area contributed by atoms with Gasteiger partial charge in [-0.15, -0.1) is 0 Å². The average Bonchev–Trinajstić information content (AvgIpc) is 2.40. The number of ether oxygens (including phenoxy) is 1. The number of carbonyl (C=O) groups excluding carboxylic acids is 1. The van der Waals surface area contributed by atoms with Crippen molar-refractivity contribution in [3.8, 4) is 0 Å². The standard InChI is InChI=1S/C4H6O2.C3H7NO2.2C3H4O2/c1-3(2)4(5)6;1-2-6-3(4)5;2*1-2-3(4)5/h1H2,2H3,(H,5,6);2H2,1H3,(H2,4,5);2*2H,1H2,(H,4,5). The first-order chi connectivity index (χ1) is 9.95. The molecule has 0 saturated heterocycles. The molecule has 0 saturated carbocycles. The first-order valence-corrected chi connectivity index (χ1v) is 5.47. The zero-order valence-electron chi connectivity index (χ0n) is 12.4. The van der Waals surface area contributed by atoms with Crippen LogP contribution < -0.4 is 5.73 Å². The predicted molar refractivity (Wildman–Crippen MR) is 79.3 cm³/mol. The Morgan fingerprint density at radius 3 is 1.27 bits per heavy atom. The van der Waals surface area contributed by atoms with E-state index < -0.39 is 24.0 Å². The highest BCUT2D eigenvalue weighted by Crippen LogP contribution is 1.81. The van der Waals surface area contributed by atoms with Crippen molar-refractivity contribution in [2.24, 2.45) is 5.73 Å². The summed E-state index contributed by atoms with van der Waals surface area (Å²) in [6.45, 7) is 12.6. The summed E-state index contributed by atoms with van der Waals surface area (Å²) >= 11 is 0. The van der Waals surface area contributed by atoms with E-state index in [1.165, 1.54) is 6.92 Å². The number of carboxylic acids is 3. The molecule has 0 radical (unpaired) electrons. The van der Waals surface area contributed by atoms with Crippen molar-refractivity contribution in [2.75, 3.05) is 6.61 Å². The molecule has 9 nitrogen and oxygen atoms in total. The van der Waals surface area contributed by atoms with Gasteiger partial charge in [-0.2, -0.15) is 0 Å². The maximum Gasteiger partial charge on any atom is 0.404 e. The number of carboxylic acid groups (broad SMARTS) is 3. The van der Waals surface area contributed by atoms with Gasteiger partial charge in [0.05, 0.1) is 6.61 Å². The van der Waals surface area contributed by atoms with Gasteiger partial charge >= 0.3 is 24.0 Å². The normalized spacial score (nSPS) is 7.00. The lowest BCUT2D eigenvalue weighted by atomic mass is 10.4. The molecule has 0 aromatic rings. The smallest absolute Gasteiger partial charge is 0.404 e. The van der Waals surface area contributed by atoms with E-state index in [0.717, 1.165) is 12.2 Å². The molecule has 0 bridgehead atoms. The monoisotopic (exact) mass is 319 g/mol. The molecule has 0 rings (SSSR count). The molecule has 0 spiro atoms. The SMILES string of the molecule is C=C(C)C(=O)O.C=CC(=O)O.C=CC(=O)O.CCOC(N)=O. The van der Waals surface area contributed by atoms with Crippen LogP contribution in [0.15, 0.2) is 37.5 Å². The van der Waals surface area contributed by atoms with Crippen molar-refractivity contribution in [2.45, 2.75) is 13.8 Å². The molecule has 9 heteroatoms. The summed E-state index contributed by atoms with van der Waals surface area (Å²) in [6, 6.07) is 0. The fourth-order valence-corrected chi connectivity index (χ4v) is 0.142. The molecular weight excluding hydrogens is 298 g/mol. The number of hydrogen-bond donors (Lipinski definition) is 4. The third kappa shape index (κ3) is 68.5. The van der Waals surface area contributed by atoms with E-state index in [9.17, 15) is 19.2 Å². The summed E-state index contributed by atoms with van der Waals surface area (Å²) in [4.78, 5) is 37.7. The number of rotatable bonds is 4. The highest BCUT2D eigenvalue weighted by atomic mass is 16.5. The fraction of sp³-hybridized carbons (Fsp3) is 0.231. The quantitative estimate of drug-likeness (QED) is 0.562. The Kier molecular flexibility index (Phi) is 25.1. The van der Waals surface area contributed by atoms with Crippen molar-refractivity contribution >= 4 is 24.0 Å². The van der Waals surface area contributed by atoms with Crippen LogP contribution in [-0.4, -0.2) is 45.9 Å². The predicted octanol–water partition coefficient (Wildman–Crippen LogP) is 1.26. The van der Waals surface area contributed by atoms with E-state index in [1.807, 2.05) is 0 Å². The van der Waals surface area contributed by atoms with Gasteiger partial charge in [-0.3, -0.25) is 0 Å². The van der Waals surface area contributed by atoms with Crippen LogP contribution in [0.4, 0.5) is 4.79 Å². The van der Waals surface area contributed by atoms with Gasteiger partial charge in [0.15, 0.2) is 0 Å². The van der Waals surface area contributed by atoms with Crippen LogP contribution in [0.25, 0.3) is 0 Å². The van der Waals surface area contributed by atoms with Gasteiger partial charge < -0.3 is 25.8 Å². The van der Waals surface area contributed by atoms with E-state index >= 15 is 0 Å². The van der Waals surface area contributed by atoms with E-state index in [0.29, 0.717) is 6.61 Å². The highest BCUT2D eigenvalue weighted by Gasteiger charge is 1.90. The Bertz CT molecular complexity index is 371. The summed E-state index contributed by atoms with van der Waals surface area (Å²) in [5.74, 6) is -2.90. The molecule has 1 amide bonds. The van der Waals surface area contributed by atoms with Gasteiger partial charge in [-0.1, -0.05) is 19.7 Å². The zero-order valence-corrected chi connectivity index (χ0v) is 12.4. The Balaban J connectivity index is -0.0000000986. The number of nitrogens with two attached hydrogens (primary N) is 1. The molecule has 0 aliphatic heterocycles. The molecule has 0 fully saturated rings. The molecule has 0 aliphatic carbocycles. The second kappa shape index (κ2) is 20.2. The second-order valence-corrected chi connectivity index (χ2v) is 2.92. The average molecular weight is 319 g/mol. The third-order valence-corrected chi connectivity index (χ3v) is 1.00. The van der Waals surface area contributed by atoms with Gasteiger partial charge in [-0.25, -0.2) is 19.2 Å². The second-order valence-electron chi connectivity index (χ2n) is 2.92. The first-order valence-electron chi connectivity index (χ1n) is 5.47. The summed E-state index contributed by atoms with van der Waals surface area (Å²) in [6.07, 6.45) is 0.956. The maximum atomic E-state index is 9.60. The fourth-order valence-electron chi connectivity index (χ4n) is 0.142. The van der Waals surface area contributed by atoms with Gasteiger partial charge in [0, 0.05) is 17.7 Å². The minimum Gasteiger partial charge on any atom is -0.478 e. The molecule has 0 heterocycles. The number of amides is 1. The van der Waals surface area contributed by atoms with Crippen LogP contribution >= 0.6 is 0 Å². The summed E-state index contributed by atoms with van der Waals surface area (Å²) in [5.41, 5.74) is 4.72. The van der Waals surface area contributed by atoms with Gasteiger partial charge in [0.2, 0.25) is 0 Å². The molecule has 22 heavy (non-hydrogen) atoms. The summed E-state index contributed by atoms with van der Waals surface area (Å²) in [7, 11) is 0. The molecule has 0 aliphatic rings. The highest BCUT2D eigenvalue weighted by molar-refractivity contribution is 5.84. The lowest BCUT2D eigenvalue weighted by Crippen LogP contribution is -2.11. The zero-order chi connectivity index (χ0) is 18.7. The van der Waals surface area contributed by atoms with Crippen LogP contribution in [0.3, 0.4) is 0 Å². The van der Waals surface area contributed by atoms with Crippen LogP contribution in [0.1, 0.15) is 13.8 Å². The largest absolute Gasteiger partial charge is 0.478 e. The van der Waals surface area contributed by atoms with Crippen LogP contribution in [-0.2, 0) is 19.1 Å². The van der Waals surface area contributed by atoms with Crippen LogP contribution in [0, 0.1) is 0 Å². The van der Waals surface area contributed by atoms with Gasteiger partial charge in [0.1, 0.15) is 0 Å². The van der Waals surface area contributed by atoms with Crippen LogP contribution in [0.5, 0.6) is 0 Å². The van der Waals surface area contributed by atoms with Crippen molar-refractivity contribution in [1.82, 2.24) is 0 Å². The Morgan fingerprint density at radius 1 is 1.05 bits per heavy atom. The molecule has 0 aromatic carbocycles. The van der Waals surface area contributed by atoms with Crippen molar-refractivity contribution in [3.05, 3.63) is 37.5 Å². The van der Waals surface area contributed by atoms with Crippen molar-refractivity contribution in [3.63, 3.8) is 0 Å². The molecular formula is C13H21NO8. The van der Waals surface area contributed by atoms with E-state index in [2.05, 4.69) is 30.2 Å². The number of hydrogen-bond acceptors (Lipinski definition) is 5. The summed E-state index contributed by atoms with van der Waals surface area (Å²) < 4.78 is 4.18. The van der Waals surface area contributed by atoms with E-state index in [1.54, 1.807) is 6.92 Å².